The van der Waals surface area contributed by atoms with E-state index < -0.39 is 0 Å². The van der Waals surface area contributed by atoms with Crippen molar-refractivity contribution in [3.8, 4) is 0 Å². The number of halogens is 1. The van der Waals surface area contributed by atoms with Crippen LogP contribution in [0.25, 0.3) is 0 Å². The highest BCUT2D eigenvalue weighted by molar-refractivity contribution is 9.10. The van der Waals surface area contributed by atoms with Crippen LogP contribution in [0.4, 0.5) is 5.82 Å². The maximum Gasteiger partial charge on any atom is 0.126 e. The number of aryl methyl sites for hydroxylation is 1. The standard InChI is InChI=1S/C11H11BrN2S/c1-8-6-15-7-9(8)4-13-11-3-2-10(12)5-14-11/h2-3,5-7H,4H2,1H3,(H,13,14). The van der Waals surface area contributed by atoms with Crippen molar-refractivity contribution in [1.82, 2.24) is 4.98 Å². The molecule has 2 rings (SSSR count). The summed E-state index contributed by atoms with van der Waals surface area (Å²) in [5.41, 5.74) is 2.68. The molecule has 0 unspecified atom stereocenters. The Morgan fingerprint density at radius 3 is 2.87 bits per heavy atom. The molecule has 0 fully saturated rings. The maximum absolute atomic E-state index is 4.25. The second kappa shape index (κ2) is 4.77. The summed E-state index contributed by atoms with van der Waals surface area (Å²) in [5.74, 6) is 0.906. The van der Waals surface area contributed by atoms with Crippen molar-refractivity contribution >= 4 is 33.1 Å². The van der Waals surface area contributed by atoms with Crippen LogP contribution in [0.1, 0.15) is 11.1 Å². The number of pyridine rings is 1. The largest absolute Gasteiger partial charge is 0.366 e. The fourth-order valence-corrected chi connectivity index (χ4v) is 2.33. The van der Waals surface area contributed by atoms with Crippen LogP contribution in [0.15, 0.2) is 33.6 Å². The van der Waals surface area contributed by atoms with Crippen LogP contribution in [-0.4, -0.2) is 4.98 Å². The normalized spacial score (nSPS) is 10.3. The lowest BCUT2D eigenvalue weighted by Crippen LogP contribution is -2.00. The van der Waals surface area contributed by atoms with E-state index in [1.165, 1.54) is 11.1 Å². The molecule has 0 saturated carbocycles. The smallest absolute Gasteiger partial charge is 0.126 e. The predicted molar refractivity (Wildman–Crippen MR) is 68.3 cm³/mol. The van der Waals surface area contributed by atoms with Crippen molar-refractivity contribution in [2.45, 2.75) is 13.5 Å². The van der Waals surface area contributed by atoms with Gasteiger partial charge in [0.05, 0.1) is 0 Å². The molecule has 0 atom stereocenters. The van der Waals surface area contributed by atoms with Gasteiger partial charge < -0.3 is 5.32 Å². The Labute approximate surface area is 101 Å². The Morgan fingerprint density at radius 2 is 2.27 bits per heavy atom. The van der Waals surface area contributed by atoms with Gasteiger partial charge in [-0.15, -0.1) is 0 Å². The minimum atomic E-state index is 0.837. The first kappa shape index (κ1) is 10.6. The van der Waals surface area contributed by atoms with Crippen LogP contribution in [0.5, 0.6) is 0 Å². The Bertz CT molecular complexity index is 436. The zero-order chi connectivity index (χ0) is 10.7. The molecular formula is C11H11BrN2S. The second-order valence-corrected chi connectivity index (χ2v) is 4.95. The molecule has 0 aliphatic rings. The first-order valence-corrected chi connectivity index (χ1v) is 6.36. The highest BCUT2D eigenvalue weighted by Gasteiger charge is 1.99. The second-order valence-electron chi connectivity index (χ2n) is 3.30. The van der Waals surface area contributed by atoms with E-state index in [1.807, 2.05) is 12.1 Å². The third-order valence-electron chi connectivity index (χ3n) is 2.15. The molecule has 0 aliphatic carbocycles. The van der Waals surface area contributed by atoms with Crippen LogP contribution in [0.3, 0.4) is 0 Å². The minimum absolute atomic E-state index is 0.837. The third-order valence-corrected chi connectivity index (χ3v) is 3.53. The van der Waals surface area contributed by atoms with Crippen molar-refractivity contribution in [1.29, 1.82) is 0 Å². The summed E-state index contributed by atoms with van der Waals surface area (Å²) in [7, 11) is 0. The Balaban J connectivity index is 1.99. The van der Waals surface area contributed by atoms with E-state index in [1.54, 1.807) is 17.5 Å². The molecular weight excluding hydrogens is 272 g/mol. The summed E-state index contributed by atoms with van der Waals surface area (Å²) in [6, 6.07) is 3.95. The van der Waals surface area contributed by atoms with Gasteiger partial charge in [0.15, 0.2) is 0 Å². The lowest BCUT2D eigenvalue weighted by molar-refractivity contribution is 1.10. The average molecular weight is 283 g/mol. The first-order chi connectivity index (χ1) is 7.25. The van der Waals surface area contributed by atoms with Crippen molar-refractivity contribution in [2.75, 3.05) is 5.32 Å². The molecule has 0 spiro atoms. The quantitative estimate of drug-likeness (QED) is 0.926. The van der Waals surface area contributed by atoms with Gasteiger partial charge >= 0.3 is 0 Å². The van der Waals surface area contributed by atoms with Crippen molar-refractivity contribution in [3.05, 3.63) is 44.7 Å². The van der Waals surface area contributed by atoms with E-state index in [0.29, 0.717) is 0 Å². The summed E-state index contributed by atoms with van der Waals surface area (Å²) in [4.78, 5) is 4.25. The van der Waals surface area contributed by atoms with Gasteiger partial charge in [0.25, 0.3) is 0 Å². The predicted octanol–water partition coefficient (Wildman–Crippen LogP) is 3.83. The Morgan fingerprint density at radius 1 is 1.40 bits per heavy atom. The van der Waals surface area contributed by atoms with Gasteiger partial charge in [0.2, 0.25) is 0 Å². The van der Waals surface area contributed by atoms with Gasteiger partial charge in [0.1, 0.15) is 5.82 Å². The van der Waals surface area contributed by atoms with Gasteiger partial charge in [0, 0.05) is 17.2 Å². The topological polar surface area (TPSA) is 24.9 Å². The van der Waals surface area contributed by atoms with E-state index in [4.69, 9.17) is 0 Å². The van der Waals surface area contributed by atoms with Gasteiger partial charge in [-0.1, -0.05) is 0 Å². The van der Waals surface area contributed by atoms with E-state index in [2.05, 4.69) is 43.9 Å². The summed E-state index contributed by atoms with van der Waals surface area (Å²) in [6.07, 6.45) is 1.79. The van der Waals surface area contributed by atoms with Gasteiger partial charge in [-0.3, -0.25) is 0 Å². The average Bonchev–Trinajstić information content (AvgIpc) is 2.63. The molecule has 2 heterocycles. The SMILES string of the molecule is Cc1cscc1CNc1ccc(Br)cn1. The monoisotopic (exact) mass is 282 g/mol. The van der Waals surface area contributed by atoms with Crippen LogP contribution in [0, 0.1) is 6.92 Å². The number of hydrogen-bond acceptors (Lipinski definition) is 3. The summed E-state index contributed by atoms with van der Waals surface area (Å²) < 4.78 is 1.000. The highest BCUT2D eigenvalue weighted by Crippen LogP contribution is 2.16. The van der Waals surface area contributed by atoms with E-state index in [-0.39, 0.29) is 0 Å². The Kier molecular flexibility index (Phi) is 3.38. The number of nitrogens with zero attached hydrogens (tertiary/aromatic N) is 1. The number of anilines is 1. The summed E-state index contributed by atoms with van der Waals surface area (Å²) in [5, 5.41) is 7.62. The molecule has 2 nitrogen and oxygen atoms in total. The summed E-state index contributed by atoms with van der Waals surface area (Å²) in [6.45, 7) is 2.96. The van der Waals surface area contributed by atoms with Gasteiger partial charge in [-0.05, 0) is 56.9 Å². The summed E-state index contributed by atoms with van der Waals surface area (Å²) >= 11 is 5.09. The van der Waals surface area contributed by atoms with Crippen LogP contribution < -0.4 is 5.32 Å². The third kappa shape index (κ3) is 2.79. The lowest BCUT2D eigenvalue weighted by Gasteiger charge is -2.04. The fourth-order valence-electron chi connectivity index (χ4n) is 1.23. The minimum Gasteiger partial charge on any atom is -0.366 e. The fraction of sp³-hybridized carbons (Fsp3) is 0.182. The number of nitrogens with one attached hydrogen (secondary N) is 1. The van der Waals surface area contributed by atoms with Crippen LogP contribution >= 0.6 is 27.3 Å². The molecule has 0 bridgehead atoms. The van der Waals surface area contributed by atoms with Gasteiger partial charge in [-0.25, -0.2) is 4.98 Å². The maximum atomic E-state index is 4.25. The molecule has 0 amide bonds. The van der Waals surface area contributed by atoms with Crippen molar-refractivity contribution in [2.24, 2.45) is 0 Å². The molecule has 1 N–H and O–H groups in total. The van der Waals surface area contributed by atoms with Crippen molar-refractivity contribution in [3.63, 3.8) is 0 Å². The molecule has 15 heavy (non-hydrogen) atoms. The molecule has 2 aromatic heterocycles. The van der Waals surface area contributed by atoms with Crippen molar-refractivity contribution < 1.29 is 0 Å². The molecule has 2 aromatic rings. The Hall–Kier alpha value is -0.870. The number of rotatable bonds is 3. The van der Waals surface area contributed by atoms with E-state index >= 15 is 0 Å². The van der Waals surface area contributed by atoms with Crippen LogP contribution in [-0.2, 0) is 6.54 Å². The lowest BCUT2D eigenvalue weighted by atomic mass is 10.2. The van der Waals surface area contributed by atoms with Crippen LogP contribution in [0.2, 0.25) is 0 Å². The number of hydrogen-bond donors (Lipinski definition) is 1. The first-order valence-electron chi connectivity index (χ1n) is 4.63. The molecule has 0 saturated heterocycles. The van der Waals surface area contributed by atoms with E-state index in [9.17, 15) is 0 Å². The number of thiophene rings is 1. The molecule has 0 aliphatic heterocycles. The zero-order valence-electron chi connectivity index (χ0n) is 8.33. The van der Waals surface area contributed by atoms with E-state index in [0.717, 1.165) is 16.8 Å². The number of aromatic nitrogens is 1. The highest BCUT2D eigenvalue weighted by atomic mass is 79.9. The zero-order valence-corrected chi connectivity index (χ0v) is 10.7. The molecule has 0 radical (unpaired) electrons. The molecule has 0 aromatic carbocycles. The molecule has 4 heteroatoms. The molecule has 78 valence electrons. The van der Waals surface area contributed by atoms with Gasteiger partial charge in [-0.2, -0.15) is 11.3 Å².